The van der Waals surface area contributed by atoms with E-state index < -0.39 is 11.2 Å². The predicted molar refractivity (Wildman–Crippen MR) is 200 cm³/mol. The number of nitrogens with one attached hydrogen (secondary N) is 1. The molecule has 1 unspecified atom stereocenters. The third-order valence-corrected chi connectivity index (χ3v) is 8.28. The maximum Gasteiger partial charge on any atom is 0.410 e. The fourth-order valence-corrected chi connectivity index (χ4v) is 5.84. The van der Waals surface area contributed by atoms with Gasteiger partial charge in [0, 0.05) is 89.7 Å². The number of aliphatic hydroxyl groups is 1. The number of esters is 1. The molecule has 0 radical (unpaired) electrons. The van der Waals surface area contributed by atoms with Gasteiger partial charge >= 0.3 is 12.1 Å². The Morgan fingerprint density at radius 2 is 1.75 bits per heavy atom. The molecule has 0 bridgehead atoms. The molecule has 1 fully saturated rings. The Kier molecular flexibility index (Phi) is 13.7. The summed E-state index contributed by atoms with van der Waals surface area (Å²) in [7, 11) is 3.73. The van der Waals surface area contributed by atoms with Crippen LogP contribution in [0.2, 0.25) is 0 Å². The van der Waals surface area contributed by atoms with Gasteiger partial charge in [-0.1, -0.05) is 12.1 Å². The lowest BCUT2D eigenvalue weighted by Gasteiger charge is -2.41. The average molecular weight is 705 g/mol. The summed E-state index contributed by atoms with van der Waals surface area (Å²) in [6.07, 6.45) is 4.58. The lowest BCUT2D eigenvalue weighted by atomic mass is 10.1. The van der Waals surface area contributed by atoms with Crippen LogP contribution in [0.15, 0.2) is 54.9 Å². The minimum absolute atomic E-state index is 0.0653. The molecule has 3 heterocycles. The molecule has 0 spiro atoms. The van der Waals surface area contributed by atoms with Crippen molar-refractivity contribution in [1.29, 1.82) is 0 Å². The molecule has 0 saturated carbocycles. The van der Waals surface area contributed by atoms with Crippen LogP contribution in [0.4, 0.5) is 22.2 Å². The number of anilines is 3. The molecule has 2 aromatic heterocycles. The highest BCUT2D eigenvalue weighted by Crippen LogP contribution is 2.23. The van der Waals surface area contributed by atoms with E-state index in [9.17, 15) is 14.7 Å². The van der Waals surface area contributed by atoms with E-state index in [2.05, 4.69) is 42.1 Å². The molecule has 1 atom stereocenters. The topological polar surface area (TPSA) is 136 Å². The van der Waals surface area contributed by atoms with E-state index in [1.807, 2.05) is 85.1 Å². The Bertz CT molecular complexity index is 1570. The van der Waals surface area contributed by atoms with E-state index in [0.717, 1.165) is 67.5 Å². The molecule has 1 saturated heterocycles. The summed E-state index contributed by atoms with van der Waals surface area (Å²) in [5.41, 5.74) is 2.61. The Hall–Kier alpha value is -4.33. The molecule has 3 aromatic rings. The van der Waals surface area contributed by atoms with Crippen molar-refractivity contribution >= 4 is 29.5 Å². The highest BCUT2D eigenvalue weighted by Gasteiger charge is 2.29. The largest absolute Gasteiger partial charge is 0.459 e. The molecule has 4 rings (SSSR count). The van der Waals surface area contributed by atoms with E-state index in [4.69, 9.17) is 14.5 Å². The molecule has 1 aliphatic rings. The first-order valence-corrected chi connectivity index (χ1v) is 17.7. The Balaban J connectivity index is 1.30. The van der Waals surface area contributed by atoms with Crippen LogP contribution in [0.25, 0.3) is 11.3 Å². The van der Waals surface area contributed by atoms with Crippen LogP contribution in [0.5, 0.6) is 0 Å². The second-order valence-electron chi connectivity index (χ2n) is 15.1. The van der Waals surface area contributed by atoms with E-state index in [-0.39, 0.29) is 31.3 Å². The molecular weight excluding hydrogens is 648 g/mol. The number of hydrogen-bond donors (Lipinski definition) is 2. The average Bonchev–Trinajstić information content (AvgIpc) is 3.05. The zero-order valence-corrected chi connectivity index (χ0v) is 31.6. The second kappa shape index (κ2) is 17.7. The van der Waals surface area contributed by atoms with E-state index in [0.29, 0.717) is 18.9 Å². The molecule has 1 amide bonds. The van der Waals surface area contributed by atoms with Crippen LogP contribution < -0.4 is 10.2 Å². The van der Waals surface area contributed by atoms with Gasteiger partial charge in [0.05, 0.1) is 12.2 Å². The fourth-order valence-electron chi connectivity index (χ4n) is 5.84. The smallest absolute Gasteiger partial charge is 0.410 e. The van der Waals surface area contributed by atoms with Crippen LogP contribution in [-0.2, 0) is 20.8 Å². The zero-order valence-electron chi connectivity index (χ0n) is 31.6. The maximum atomic E-state index is 12.5. The fraction of sp³-hybridized carbons (Fsp3) is 0.553. The van der Waals surface area contributed by atoms with Gasteiger partial charge in [0.15, 0.2) is 0 Å². The van der Waals surface area contributed by atoms with Gasteiger partial charge in [0.1, 0.15) is 17.0 Å². The van der Waals surface area contributed by atoms with Crippen molar-refractivity contribution in [2.24, 2.45) is 0 Å². The summed E-state index contributed by atoms with van der Waals surface area (Å²) in [5.74, 6) is 1.08. The molecule has 1 aromatic carbocycles. The van der Waals surface area contributed by atoms with E-state index in [1.165, 1.54) is 0 Å². The quantitative estimate of drug-likeness (QED) is 0.214. The van der Waals surface area contributed by atoms with Crippen molar-refractivity contribution in [2.45, 2.75) is 78.2 Å². The van der Waals surface area contributed by atoms with Gasteiger partial charge in [-0.25, -0.2) is 19.7 Å². The molecular formula is C38H56N8O5. The first-order valence-electron chi connectivity index (χ1n) is 17.7. The van der Waals surface area contributed by atoms with Crippen LogP contribution in [0.3, 0.4) is 0 Å². The lowest BCUT2D eigenvalue weighted by molar-refractivity contribution is -0.157. The van der Waals surface area contributed by atoms with Crippen molar-refractivity contribution in [3.05, 3.63) is 60.4 Å². The number of rotatable bonds is 14. The summed E-state index contributed by atoms with van der Waals surface area (Å²) in [6, 6.07) is 14.1. The lowest BCUT2D eigenvalue weighted by Crippen LogP contribution is -2.54. The van der Waals surface area contributed by atoms with Crippen molar-refractivity contribution in [3.8, 4) is 11.3 Å². The number of nitrogens with zero attached hydrogens (tertiary/aromatic N) is 7. The number of amides is 1. The van der Waals surface area contributed by atoms with Gasteiger partial charge < -0.3 is 29.7 Å². The highest BCUT2D eigenvalue weighted by molar-refractivity contribution is 5.72. The first-order chi connectivity index (χ1) is 24.1. The number of aliphatic hydroxyl groups excluding tert-OH is 1. The molecule has 2 N–H and O–H groups in total. The van der Waals surface area contributed by atoms with Gasteiger partial charge in [0.2, 0.25) is 5.95 Å². The van der Waals surface area contributed by atoms with Crippen LogP contribution in [0.1, 0.15) is 59.9 Å². The number of pyridine rings is 1. The van der Waals surface area contributed by atoms with Crippen LogP contribution in [0, 0.1) is 0 Å². The zero-order chi connectivity index (χ0) is 37.2. The van der Waals surface area contributed by atoms with Crippen molar-refractivity contribution in [1.82, 2.24) is 29.7 Å². The minimum Gasteiger partial charge on any atom is -0.459 e. The predicted octanol–water partition coefficient (Wildman–Crippen LogP) is 5.19. The van der Waals surface area contributed by atoms with Gasteiger partial charge in [-0.05, 0) is 90.3 Å². The summed E-state index contributed by atoms with van der Waals surface area (Å²) in [6.45, 7) is 15.8. The summed E-state index contributed by atoms with van der Waals surface area (Å²) < 4.78 is 11.0. The van der Waals surface area contributed by atoms with Crippen LogP contribution >= 0.6 is 0 Å². The highest BCUT2D eigenvalue weighted by atomic mass is 16.6. The summed E-state index contributed by atoms with van der Waals surface area (Å²) in [4.78, 5) is 46.7. The number of carbonyl (C=O) groups is 2. The first kappa shape index (κ1) is 39.5. The number of aromatic nitrogens is 3. The van der Waals surface area contributed by atoms with Crippen molar-refractivity contribution < 1.29 is 24.2 Å². The van der Waals surface area contributed by atoms with Gasteiger partial charge in [-0.3, -0.25) is 14.6 Å². The Morgan fingerprint density at radius 1 is 0.980 bits per heavy atom. The molecule has 13 nitrogen and oxygen atoms in total. The van der Waals surface area contributed by atoms with Gasteiger partial charge in [-0.2, -0.15) is 0 Å². The normalized spacial score (nSPS) is 15.7. The molecule has 1 aliphatic heterocycles. The second-order valence-corrected chi connectivity index (χ2v) is 15.1. The van der Waals surface area contributed by atoms with Crippen molar-refractivity contribution in [2.75, 3.05) is 70.2 Å². The minimum atomic E-state index is -0.525. The number of carbonyl (C=O) groups excluding carboxylic acids is 2. The summed E-state index contributed by atoms with van der Waals surface area (Å²) in [5, 5.41) is 13.1. The molecule has 51 heavy (non-hydrogen) atoms. The van der Waals surface area contributed by atoms with Gasteiger partial charge in [0.25, 0.3) is 0 Å². The standard InChI is InChI=1S/C38H56N8O5/c1-37(2,3)50-34(48)27-46-21-20-45(26-31(46)16-22-47)25-28-11-9-12-30(23-28)41-35-39-17-15-32(42-35)29-13-14-33(40-24-29)43(7)18-10-19-44(8)36(49)51-38(4,5)6/h9,11-15,17,23-24,31,47H,10,16,18-22,25-27H2,1-8H3,(H,39,41,42). The molecule has 0 aliphatic carbocycles. The van der Waals surface area contributed by atoms with E-state index >= 15 is 0 Å². The SMILES string of the molecule is CN(CCCN(C)c1ccc(-c2ccnc(Nc3cccc(CN4CCN(CC(=O)OC(C)(C)C)C(CCO)C4)c3)n2)cn1)C(=O)OC(C)(C)C. The van der Waals surface area contributed by atoms with Crippen molar-refractivity contribution in [3.63, 3.8) is 0 Å². The Morgan fingerprint density at radius 3 is 2.43 bits per heavy atom. The third kappa shape index (κ3) is 13.1. The number of piperazine rings is 1. The van der Waals surface area contributed by atoms with Gasteiger partial charge in [-0.15, -0.1) is 0 Å². The molecule has 278 valence electrons. The Labute approximate surface area is 303 Å². The van der Waals surface area contributed by atoms with E-state index in [1.54, 1.807) is 18.1 Å². The number of benzene rings is 1. The number of hydrogen-bond acceptors (Lipinski definition) is 12. The molecule has 13 heteroatoms. The maximum absolute atomic E-state index is 12.5. The number of ether oxygens (including phenoxy) is 2. The van der Waals surface area contributed by atoms with Crippen LogP contribution in [-0.4, -0.2) is 124 Å². The third-order valence-electron chi connectivity index (χ3n) is 8.28. The summed E-state index contributed by atoms with van der Waals surface area (Å²) >= 11 is 0. The monoisotopic (exact) mass is 704 g/mol.